The molecule has 2 amide bonds. The second kappa shape index (κ2) is 6.44. The van der Waals surface area contributed by atoms with Gasteiger partial charge in [0.15, 0.2) is 0 Å². The van der Waals surface area contributed by atoms with Crippen LogP contribution in [0.3, 0.4) is 0 Å². The van der Waals surface area contributed by atoms with Crippen molar-refractivity contribution in [3.05, 3.63) is 0 Å². The summed E-state index contributed by atoms with van der Waals surface area (Å²) in [5.41, 5.74) is -0.465. The van der Waals surface area contributed by atoms with Crippen molar-refractivity contribution in [1.82, 2.24) is 9.80 Å². The quantitative estimate of drug-likeness (QED) is 0.838. The lowest BCUT2D eigenvalue weighted by atomic mass is 9.80. The molecule has 0 bridgehead atoms. The number of carbonyl (C=O) groups is 2. The molecule has 0 spiro atoms. The summed E-state index contributed by atoms with van der Waals surface area (Å²) in [5.74, 6) is 0.653. The molecule has 6 nitrogen and oxygen atoms in total. The fraction of sp³-hybridized carbons (Fsp3) is 0.875. The Morgan fingerprint density at radius 1 is 1.14 bits per heavy atom. The van der Waals surface area contributed by atoms with Crippen molar-refractivity contribution >= 4 is 12.0 Å². The third-order valence-corrected chi connectivity index (χ3v) is 4.36. The van der Waals surface area contributed by atoms with E-state index in [-0.39, 0.29) is 12.0 Å². The Balaban J connectivity index is 1.80. The summed E-state index contributed by atoms with van der Waals surface area (Å²) in [6, 6.07) is 0. The van der Waals surface area contributed by atoms with Gasteiger partial charge in [-0.15, -0.1) is 0 Å². The monoisotopic (exact) mass is 312 g/mol. The molecule has 0 aromatic rings. The van der Waals surface area contributed by atoms with E-state index in [0.29, 0.717) is 31.5 Å². The zero-order valence-corrected chi connectivity index (χ0v) is 14.0. The molecule has 1 N–H and O–H groups in total. The van der Waals surface area contributed by atoms with Crippen molar-refractivity contribution in [2.75, 3.05) is 26.2 Å². The average molecular weight is 312 g/mol. The van der Waals surface area contributed by atoms with Crippen molar-refractivity contribution in [1.29, 1.82) is 0 Å². The van der Waals surface area contributed by atoms with E-state index in [1.54, 1.807) is 9.80 Å². The third-order valence-electron chi connectivity index (χ3n) is 4.36. The SMILES string of the molecule is CC(O)C(=O)N1CCC[C@H](C2CN(C(=O)OC(C)(C)C)C2)C1. The van der Waals surface area contributed by atoms with Crippen LogP contribution in [0.4, 0.5) is 4.79 Å². The summed E-state index contributed by atoms with van der Waals surface area (Å²) in [6.45, 7) is 9.93. The van der Waals surface area contributed by atoms with Crippen LogP contribution in [0.5, 0.6) is 0 Å². The molecule has 2 fully saturated rings. The molecule has 2 heterocycles. The molecule has 0 aliphatic carbocycles. The maximum atomic E-state index is 11.9. The smallest absolute Gasteiger partial charge is 0.410 e. The lowest BCUT2D eigenvalue weighted by molar-refractivity contribution is -0.142. The van der Waals surface area contributed by atoms with Gasteiger partial charge in [0.05, 0.1) is 0 Å². The molecule has 0 aromatic heterocycles. The summed E-state index contributed by atoms with van der Waals surface area (Å²) >= 11 is 0. The summed E-state index contributed by atoms with van der Waals surface area (Å²) in [7, 11) is 0. The van der Waals surface area contributed by atoms with Gasteiger partial charge in [-0.2, -0.15) is 0 Å². The summed E-state index contributed by atoms with van der Waals surface area (Å²) in [6.07, 6.45) is 0.859. The van der Waals surface area contributed by atoms with E-state index in [1.807, 2.05) is 20.8 Å². The molecule has 1 unspecified atom stereocenters. The van der Waals surface area contributed by atoms with Crippen molar-refractivity contribution in [2.45, 2.75) is 52.2 Å². The van der Waals surface area contributed by atoms with Gasteiger partial charge < -0.3 is 19.6 Å². The lowest BCUT2D eigenvalue weighted by Crippen LogP contribution is -2.57. The molecule has 0 radical (unpaired) electrons. The summed E-state index contributed by atoms with van der Waals surface area (Å²) in [4.78, 5) is 27.3. The number of rotatable bonds is 2. The molecular weight excluding hydrogens is 284 g/mol. The zero-order chi connectivity index (χ0) is 16.5. The fourth-order valence-electron chi connectivity index (χ4n) is 3.15. The highest BCUT2D eigenvalue weighted by atomic mass is 16.6. The van der Waals surface area contributed by atoms with Crippen LogP contribution in [-0.4, -0.2) is 64.8 Å². The largest absolute Gasteiger partial charge is 0.444 e. The van der Waals surface area contributed by atoms with E-state index >= 15 is 0 Å². The van der Waals surface area contributed by atoms with Gasteiger partial charge >= 0.3 is 6.09 Å². The molecule has 2 rings (SSSR count). The van der Waals surface area contributed by atoms with Crippen molar-refractivity contribution < 1.29 is 19.4 Å². The topological polar surface area (TPSA) is 70.1 Å². The maximum Gasteiger partial charge on any atom is 0.410 e. The molecular formula is C16H28N2O4. The summed E-state index contributed by atoms with van der Waals surface area (Å²) < 4.78 is 5.36. The standard InChI is InChI=1S/C16H28N2O4/c1-11(19)14(20)17-7-5-6-12(8-17)13-9-18(10-13)15(21)22-16(2,3)4/h11-13,19H,5-10H2,1-4H3/t11?,12-/m0/s1. The number of likely N-dealkylation sites (tertiary alicyclic amines) is 2. The van der Waals surface area contributed by atoms with E-state index < -0.39 is 11.7 Å². The van der Waals surface area contributed by atoms with Crippen LogP contribution in [-0.2, 0) is 9.53 Å². The number of carbonyl (C=O) groups excluding carboxylic acids is 2. The Bertz CT molecular complexity index is 424. The fourth-order valence-corrected chi connectivity index (χ4v) is 3.15. The first-order chi connectivity index (χ1) is 10.2. The molecule has 2 saturated heterocycles. The Hall–Kier alpha value is -1.30. The minimum absolute atomic E-state index is 0.187. The van der Waals surface area contributed by atoms with E-state index in [0.717, 1.165) is 19.4 Å². The molecule has 126 valence electrons. The van der Waals surface area contributed by atoms with E-state index in [4.69, 9.17) is 4.74 Å². The zero-order valence-electron chi connectivity index (χ0n) is 14.0. The molecule has 6 heteroatoms. The van der Waals surface area contributed by atoms with Gasteiger partial charge in [-0.05, 0) is 52.4 Å². The molecule has 22 heavy (non-hydrogen) atoms. The van der Waals surface area contributed by atoms with Crippen molar-refractivity contribution in [3.8, 4) is 0 Å². The predicted molar refractivity (Wildman–Crippen MR) is 82.3 cm³/mol. The Morgan fingerprint density at radius 3 is 2.27 bits per heavy atom. The van der Waals surface area contributed by atoms with Crippen LogP contribution < -0.4 is 0 Å². The second-order valence-corrected chi connectivity index (χ2v) is 7.51. The number of hydrogen-bond donors (Lipinski definition) is 1. The number of amides is 2. The first-order valence-corrected chi connectivity index (χ1v) is 8.12. The number of nitrogens with zero attached hydrogens (tertiary/aromatic N) is 2. The third kappa shape index (κ3) is 4.12. The highest BCUT2D eigenvalue weighted by molar-refractivity contribution is 5.80. The Labute approximate surface area is 132 Å². The number of aliphatic hydroxyl groups excluding tert-OH is 1. The van der Waals surface area contributed by atoms with Gasteiger partial charge in [0.1, 0.15) is 11.7 Å². The first-order valence-electron chi connectivity index (χ1n) is 8.12. The molecule has 2 atom stereocenters. The van der Waals surface area contributed by atoms with Gasteiger partial charge in [-0.25, -0.2) is 4.79 Å². The van der Waals surface area contributed by atoms with Crippen LogP contribution in [0.1, 0.15) is 40.5 Å². The van der Waals surface area contributed by atoms with Gasteiger partial charge in [0.25, 0.3) is 5.91 Å². The average Bonchev–Trinajstić information content (AvgIpc) is 2.34. The number of ether oxygens (including phenoxy) is 1. The second-order valence-electron chi connectivity index (χ2n) is 7.51. The highest BCUT2D eigenvalue weighted by Gasteiger charge is 2.40. The number of hydrogen-bond acceptors (Lipinski definition) is 4. The van der Waals surface area contributed by atoms with Crippen molar-refractivity contribution in [3.63, 3.8) is 0 Å². The minimum Gasteiger partial charge on any atom is -0.444 e. The van der Waals surface area contributed by atoms with Crippen LogP contribution in [0.2, 0.25) is 0 Å². The van der Waals surface area contributed by atoms with Crippen LogP contribution >= 0.6 is 0 Å². The van der Waals surface area contributed by atoms with E-state index in [9.17, 15) is 14.7 Å². The van der Waals surface area contributed by atoms with Gasteiger partial charge in [-0.1, -0.05) is 0 Å². The first kappa shape index (κ1) is 17.1. The highest BCUT2D eigenvalue weighted by Crippen LogP contribution is 2.31. The van der Waals surface area contributed by atoms with Crippen molar-refractivity contribution in [2.24, 2.45) is 11.8 Å². The molecule has 2 aliphatic heterocycles. The van der Waals surface area contributed by atoms with Crippen LogP contribution in [0.15, 0.2) is 0 Å². The number of aliphatic hydroxyl groups is 1. The Morgan fingerprint density at radius 2 is 1.73 bits per heavy atom. The normalized spacial score (nSPS) is 24.7. The lowest BCUT2D eigenvalue weighted by Gasteiger charge is -2.46. The van der Waals surface area contributed by atoms with Gasteiger partial charge in [0, 0.05) is 26.2 Å². The molecule has 0 aromatic carbocycles. The molecule has 2 aliphatic rings. The van der Waals surface area contributed by atoms with Gasteiger partial charge in [0.2, 0.25) is 0 Å². The van der Waals surface area contributed by atoms with Gasteiger partial charge in [-0.3, -0.25) is 4.79 Å². The van der Waals surface area contributed by atoms with Crippen LogP contribution in [0, 0.1) is 11.8 Å². The summed E-state index contributed by atoms with van der Waals surface area (Å²) in [5, 5.41) is 9.43. The van der Waals surface area contributed by atoms with E-state index in [1.165, 1.54) is 6.92 Å². The Kier molecular flexibility index (Phi) is 5.00. The van der Waals surface area contributed by atoms with Crippen LogP contribution in [0.25, 0.3) is 0 Å². The number of piperidine rings is 1. The maximum absolute atomic E-state index is 11.9. The van der Waals surface area contributed by atoms with E-state index in [2.05, 4.69) is 0 Å². The molecule has 0 saturated carbocycles. The minimum atomic E-state index is -0.932. The predicted octanol–water partition coefficient (Wildman–Crippen LogP) is 1.47.